The standard InChI is InChI=1S/C11H16N2O3/c1-2-16-11(14)13-5-3-4-9(6-13)10-7-15-8-12-10/h7-9H,2-6H2,1H3. The van der Waals surface area contributed by atoms with Gasteiger partial charge in [0.05, 0.1) is 12.3 Å². The van der Waals surface area contributed by atoms with E-state index in [4.69, 9.17) is 9.15 Å². The summed E-state index contributed by atoms with van der Waals surface area (Å²) in [4.78, 5) is 17.4. The second-order valence-electron chi connectivity index (χ2n) is 3.90. The van der Waals surface area contributed by atoms with Gasteiger partial charge in [-0.2, -0.15) is 0 Å². The number of carbonyl (C=O) groups excluding carboxylic acids is 1. The van der Waals surface area contributed by atoms with Gasteiger partial charge in [-0.25, -0.2) is 9.78 Å². The first-order valence-electron chi connectivity index (χ1n) is 5.61. The number of oxazole rings is 1. The van der Waals surface area contributed by atoms with E-state index in [1.165, 1.54) is 6.39 Å². The Morgan fingerprint density at radius 1 is 1.75 bits per heavy atom. The number of piperidine rings is 1. The van der Waals surface area contributed by atoms with Gasteiger partial charge in [0.15, 0.2) is 6.39 Å². The third-order valence-electron chi connectivity index (χ3n) is 2.82. The average molecular weight is 224 g/mol. The molecular weight excluding hydrogens is 208 g/mol. The molecule has 0 radical (unpaired) electrons. The second kappa shape index (κ2) is 5.01. The molecule has 0 bridgehead atoms. The van der Waals surface area contributed by atoms with Gasteiger partial charge in [-0.3, -0.25) is 0 Å². The topological polar surface area (TPSA) is 55.6 Å². The zero-order valence-electron chi connectivity index (χ0n) is 9.39. The molecule has 1 unspecified atom stereocenters. The Hall–Kier alpha value is -1.52. The van der Waals surface area contributed by atoms with Crippen LogP contribution in [0, 0.1) is 0 Å². The van der Waals surface area contributed by atoms with Gasteiger partial charge >= 0.3 is 6.09 Å². The van der Waals surface area contributed by atoms with Crippen LogP contribution in [0.3, 0.4) is 0 Å². The first-order chi connectivity index (χ1) is 7.81. The Bertz CT molecular complexity index is 337. The molecule has 1 aromatic heterocycles. The predicted molar refractivity (Wildman–Crippen MR) is 57.1 cm³/mol. The number of likely N-dealkylation sites (tertiary alicyclic amines) is 1. The lowest BCUT2D eigenvalue weighted by molar-refractivity contribution is 0.0955. The highest BCUT2D eigenvalue weighted by Gasteiger charge is 2.26. The Morgan fingerprint density at radius 3 is 3.31 bits per heavy atom. The zero-order valence-corrected chi connectivity index (χ0v) is 9.39. The van der Waals surface area contributed by atoms with Crippen LogP contribution in [-0.4, -0.2) is 35.7 Å². The summed E-state index contributed by atoms with van der Waals surface area (Å²) in [5.74, 6) is 0.275. The van der Waals surface area contributed by atoms with Crippen molar-refractivity contribution in [3.63, 3.8) is 0 Å². The Kier molecular flexibility index (Phi) is 3.44. The monoisotopic (exact) mass is 224 g/mol. The number of rotatable bonds is 2. The lowest BCUT2D eigenvalue weighted by Crippen LogP contribution is -2.39. The number of carbonyl (C=O) groups is 1. The maximum absolute atomic E-state index is 11.6. The summed E-state index contributed by atoms with van der Waals surface area (Å²) >= 11 is 0. The first-order valence-corrected chi connectivity index (χ1v) is 5.61. The second-order valence-corrected chi connectivity index (χ2v) is 3.90. The molecule has 5 heteroatoms. The first kappa shape index (κ1) is 11.0. The van der Waals surface area contributed by atoms with Gasteiger partial charge in [0.2, 0.25) is 0 Å². The van der Waals surface area contributed by atoms with Crippen molar-refractivity contribution >= 4 is 6.09 Å². The van der Waals surface area contributed by atoms with Crippen LogP contribution in [0.1, 0.15) is 31.4 Å². The number of nitrogens with zero attached hydrogens (tertiary/aromatic N) is 2. The van der Waals surface area contributed by atoms with E-state index in [0.29, 0.717) is 13.2 Å². The van der Waals surface area contributed by atoms with Gasteiger partial charge in [-0.1, -0.05) is 0 Å². The third kappa shape index (κ3) is 2.35. The molecule has 5 nitrogen and oxygen atoms in total. The van der Waals surface area contributed by atoms with E-state index < -0.39 is 0 Å². The van der Waals surface area contributed by atoms with E-state index in [9.17, 15) is 4.79 Å². The molecule has 0 aliphatic carbocycles. The summed E-state index contributed by atoms with van der Waals surface area (Å²) in [6.07, 6.45) is 4.88. The van der Waals surface area contributed by atoms with Crippen LogP contribution in [0.2, 0.25) is 0 Å². The van der Waals surface area contributed by atoms with E-state index in [-0.39, 0.29) is 12.0 Å². The number of aromatic nitrogens is 1. The lowest BCUT2D eigenvalue weighted by Gasteiger charge is -2.30. The molecule has 0 N–H and O–H groups in total. The number of hydrogen-bond donors (Lipinski definition) is 0. The van der Waals surface area contributed by atoms with Crippen molar-refractivity contribution in [2.45, 2.75) is 25.7 Å². The molecule has 2 rings (SSSR count). The number of hydrogen-bond acceptors (Lipinski definition) is 4. The van der Waals surface area contributed by atoms with E-state index >= 15 is 0 Å². The fourth-order valence-corrected chi connectivity index (χ4v) is 2.02. The van der Waals surface area contributed by atoms with Crippen LogP contribution in [0.25, 0.3) is 0 Å². The van der Waals surface area contributed by atoms with E-state index in [1.807, 2.05) is 6.92 Å². The van der Waals surface area contributed by atoms with Gasteiger partial charge in [-0.15, -0.1) is 0 Å². The molecule has 16 heavy (non-hydrogen) atoms. The van der Waals surface area contributed by atoms with Gasteiger partial charge in [0.25, 0.3) is 0 Å². The molecule has 0 aromatic carbocycles. The van der Waals surface area contributed by atoms with Gasteiger partial charge < -0.3 is 14.1 Å². The molecule has 1 saturated heterocycles. The van der Waals surface area contributed by atoms with Crippen molar-refractivity contribution in [2.24, 2.45) is 0 Å². The van der Waals surface area contributed by atoms with Crippen LogP contribution in [0.15, 0.2) is 17.1 Å². The van der Waals surface area contributed by atoms with Crippen molar-refractivity contribution in [1.82, 2.24) is 9.88 Å². The Morgan fingerprint density at radius 2 is 2.62 bits per heavy atom. The molecular formula is C11H16N2O3. The van der Waals surface area contributed by atoms with E-state index in [0.717, 1.165) is 25.1 Å². The number of ether oxygens (including phenoxy) is 1. The summed E-state index contributed by atoms with van der Waals surface area (Å²) < 4.78 is 9.96. The quantitative estimate of drug-likeness (QED) is 0.771. The molecule has 1 fully saturated rings. The maximum atomic E-state index is 11.6. The smallest absolute Gasteiger partial charge is 0.409 e. The molecule has 1 atom stereocenters. The SMILES string of the molecule is CCOC(=O)N1CCCC(c2cocn2)C1. The number of amides is 1. The fraction of sp³-hybridized carbons (Fsp3) is 0.636. The van der Waals surface area contributed by atoms with Crippen molar-refractivity contribution in [3.05, 3.63) is 18.4 Å². The van der Waals surface area contributed by atoms with E-state index in [2.05, 4.69) is 4.98 Å². The minimum atomic E-state index is -0.226. The molecule has 0 spiro atoms. The minimum Gasteiger partial charge on any atom is -0.451 e. The molecule has 1 aliphatic heterocycles. The molecule has 2 heterocycles. The van der Waals surface area contributed by atoms with Crippen LogP contribution in [0.4, 0.5) is 4.79 Å². The highest BCUT2D eigenvalue weighted by atomic mass is 16.6. The highest BCUT2D eigenvalue weighted by Crippen LogP contribution is 2.25. The third-order valence-corrected chi connectivity index (χ3v) is 2.82. The molecule has 0 saturated carbocycles. The van der Waals surface area contributed by atoms with Crippen molar-refractivity contribution < 1.29 is 13.9 Å². The van der Waals surface area contributed by atoms with Crippen LogP contribution >= 0.6 is 0 Å². The summed E-state index contributed by atoms with van der Waals surface area (Å²) in [7, 11) is 0. The average Bonchev–Trinajstić information content (AvgIpc) is 2.83. The summed E-state index contributed by atoms with van der Waals surface area (Å²) in [6, 6.07) is 0. The summed E-state index contributed by atoms with van der Waals surface area (Å²) in [5, 5.41) is 0. The van der Waals surface area contributed by atoms with Crippen molar-refractivity contribution in [3.8, 4) is 0 Å². The lowest BCUT2D eigenvalue weighted by atomic mass is 9.96. The molecule has 1 aromatic rings. The normalized spacial score (nSPS) is 20.8. The van der Waals surface area contributed by atoms with Gasteiger partial charge in [0.1, 0.15) is 6.26 Å². The minimum absolute atomic E-state index is 0.226. The largest absolute Gasteiger partial charge is 0.451 e. The molecule has 88 valence electrons. The van der Waals surface area contributed by atoms with Crippen LogP contribution in [-0.2, 0) is 4.74 Å². The molecule has 1 amide bonds. The van der Waals surface area contributed by atoms with Crippen molar-refractivity contribution in [1.29, 1.82) is 0 Å². The Labute approximate surface area is 94.4 Å². The van der Waals surface area contributed by atoms with Gasteiger partial charge in [-0.05, 0) is 19.8 Å². The predicted octanol–water partition coefficient (Wildman–Crippen LogP) is 2.01. The zero-order chi connectivity index (χ0) is 11.4. The van der Waals surface area contributed by atoms with Crippen LogP contribution < -0.4 is 0 Å². The Balaban J connectivity index is 1.96. The maximum Gasteiger partial charge on any atom is 0.409 e. The van der Waals surface area contributed by atoms with Crippen molar-refractivity contribution in [2.75, 3.05) is 19.7 Å². The molecule has 1 aliphatic rings. The van der Waals surface area contributed by atoms with Gasteiger partial charge in [0, 0.05) is 19.0 Å². The highest BCUT2D eigenvalue weighted by molar-refractivity contribution is 5.67. The summed E-state index contributed by atoms with van der Waals surface area (Å²) in [5.41, 5.74) is 0.925. The van der Waals surface area contributed by atoms with Crippen LogP contribution in [0.5, 0.6) is 0 Å². The van der Waals surface area contributed by atoms with E-state index in [1.54, 1.807) is 11.2 Å². The fourth-order valence-electron chi connectivity index (χ4n) is 2.02. The summed E-state index contributed by atoms with van der Waals surface area (Å²) in [6.45, 7) is 3.68.